The van der Waals surface area contributed by atoms with Crippen LogP contribution in [0.3, 0.4) is 0 Å². The number of hydrogen-bond donors (Lipinski definition) is 2. The van der Waals surface area contributed by atoms with Crippen molar-refractivity contribution in [1.82, 2.24) is 10.9 Å². The van der Waals surface area contributed by atoms with Crippen molar-refractivity contribution in [2.24, 2.45) is 0 Å². The lowest BCUT2D eigenvalue weighted by Gasteiger charge is -2.11. The van der Waals surface area contributed by atoms with E-state index in [4.69, 9.17) is 14.2 Å². The van der Waals surface area contributed by atoms with Crippen LogP contribution in [0.4, 0.5) is 0 Å². The SMILES string of the molecule is COc1ccc(OCC(=O)NNC(=O)COc2ccc(C)cc2Br)cc1. The van der Waals surface area contributed by atoms with E-state index in [1.165, 1.54) is 0 Å². The van der Waals surface area contributed by atoms with Crippen LogP contribution in [-0.4, -0.2) is 32.1 Å². The van der Waals surface area contributed by atoms with Gasteiger partial charge in [0.15, 0.2) is 13.2 Å². The summed E-state index contributed by atoms with van der Waals surface area (Å²) in [5.74, 6) is 0.759. The summed E-state index contributed by atoms with van der Waals surface area (Å²) < 4.78 is 16.5. The molecule has 138 valence electrons. The normalized spacial score (nSPS) is 9.96. The highest BCUT2D eigenvalue weighted by molar-refractivity contribution is 9.10. The van der Waals surface area contributed by atoms with Crippen LogP contribution < -0.4 is 25.1 Å². The fourth-order valence-corrected chi connectivity index (χ4v) is 2.51. The molecule has 0 heterocycles. The van der Waals surface area contributed by atoms with E-state index in [1.54, 1.807) is 37.4 Å². The van der Waals surface area contributed by atoms with Gasteiger partial charge in [0.2, 0.25) is 0 Å². The summed E-state index contributed by atoms with van der Waals surface area (Å²) in [6.07, 6.45) is 0. The molecule has 2 amide bonds. The summed E-state index contributed by atoms with van der Waals surface area (Å²) >= 11 is 3.36. The second-order valence-corrected chi connectivity index (χ2v) is 6.14. The number of carbonyl (C=O) groups excluding carboxylic acids is 2. The molecule has 0 fully saturated rings. The lowest BCUT2D eigenvalue weighted by atomic mass is 10.2. The molecule has 0 aromatic heterocycles. The van der Waals surface area contributed by atoms with Crippen LogP contribution in [0.2, 0.25) is 0 Å². The molecule has 8 heteroatoms. The number of hydrazine groups is 1. The van der Waals surface area contributed by atoms with Gasteiger partial charge < -0.3 is 14.2 Å². The number of methoxy groups -OCH3 is 1. The number of aryl methyl sites for hydroxylation is 1. The lowest BCUT2D eigenvalue weighted by molar-refractivity contribution is -0.131. The van der Waals surface area contributed by atoms with Gasteiger partial charge in [-0.3, -0.25) is 20.4 Å². The van der Waals surface area contributed by atoms with E-state index in [0.29, 0.717) is 17.2 Å². The van der Waals surface area contributed by atoms with Crippen molar-refractivity contribution < 1.29 is 23.8 Å². The molecule has 0 saturated carbocycles. The number of amides is 2. The summed E-state index contributed by atoms with van der Waals surface area (Å²) in [4.78, 5) is 23.4. The average Bonchev–Trinajstić information content (AvgIpc) is 2.64. The summed E-state index contributed by atoms with van der Waals surface area (Å²) in [5, 5.41) is 0. The molecule has 0 saturated heterocycles. The molecular formula is C18H19BrN2O5. The quantitative estimate of drug-likeness (QED) is 0.668. The summed E-state index contributed by atoms with van der Waals surface area (Å²) in [7, 11) is 1.56. The molecule has 0 spiro atoms. The zero-order valence-corrected chi connectivity index (χ0v) is 16.0. The molecule has 0 atom stereocenters. The fraction of sp³-hybridized carbons (Fsp3) is 0.222. The first-order valence-corrected chi connectivity index (χ1v) is 8.50. The Hall–Kier alpha value is -2.74. The van der Waals surface area contributed by atoms with Crippen molar-refractivity contribution in [2.45, 2.75) is 6.92 Å². The van der Waals surface area contributed by atoms with E-state index in [1.807, 2.05) is 19.1 Å². The Labute approximate surface area is 159 Å². The predicted molar refractivity (Wildman–Crippen MR) is 99.1 cm³/mol. The Balaban J connectivity index is 1.68. The van der Waals surface area contributed by atoms with Crippen LogP contribution >= 0.6 is 15.9 Å². The van der Waals surface area contributed by atoms with Crippen LogP contribution in [0, 0.1) is 6.92 Å². The van der Waals surface area contributed by atoms with Gasteiger partial charge in [-0.2, -0.15) is 0 Å². The summed E-state index contributed by atoms with van der Waals surface area (Å²) in [6, 6.07) is 12.3. The highest BCUT2D eigenvalue weighted by Gasteiger charge is 2.08. The van der Waals surface area contributed by atoms with Crippen molar-refractivity contribution in [3.05, 3.63) is 52.5 Å². The van der Waals surface area contributed by atoms with Gasteiger partial charge in [0.05, 0.1) is 11.6 Å². The van der Waals surface area contributed by atoms with Crippen molar-refractivity contribution in [3.63, 3.8) is 0 Å². The largest absolute Gasteiger partial charge is 0.497 e. The van der Waals surface area contributed by atoms with E-state index in [2.05, 4.69) is 26.8 Å². The second-order valence-electron chi connectivity index (χ2n) is 5.28. The number of halogens is 1. The Kier molecular flexibility index (Phi) is 7.28. The van der Waals surface area contributed by atoms with Crippen LogP contribution in [0.25, 0.3) is 0 Å². The van der Waals surface area contributed by atoms with Crippen LogP contribution in [-0.2, 0) is 9.59 Å². The predicted octanol–water partition coefficient (Wildman–Crippen LogP) is 2.37. The van der Waals surface area contributed by atoms with Crippen LogP contribution in [0.15, 0.2) is 46.9 Å². The average molecular weight is 423 g/mol. The van der Waals surface area contributed by atoms with Gasteiger partial charge >= 0.3 is 0 Å². The Bertz CT molecular complexity index is 765. The molecule has 2 aromatic rings. The molecule has 0 aliphatic rings. The van der Waals surface area contributed by atoms with E-state index in [-0.39, 0.29) is 13.2 Å². The summed E-state index contributed by atoms with van der Waals surface area (Å²) in [5.41, 5.74) is 5.58. The van der Waals surface area contributed by atoms with E-state index in [9.17, 15) is 9.59 Å². The zero-order chi connectivity index (χ0) is 18.9. The van der Waals surface area contributed by atoms with Gasteiger partial charge in [0.1, 0.15) is 17.2 Å². The monoisotopic (exact) mass is 422 g/mol. The molecule has 0 aliphatic heterocycles. The first kappa shape index (κ1) is 19.6. The highest BCUT2D eigenvalue weighted by Crippen LogP contribution is 2.25. The standard InChI is InChI=1S/C18H19BrN2O5/c1-12-3-8-16(15(19)9-12)26-11-18(23)21-20-17(22)10-25-14-6-4-13(24-2)5-7-14/h3-9H,10-11H2,1-2H3,(H,20,22)(H,21,23). The zero-order valence-electron chi connectivity index (χ0n) is 14.4. The minimum Gasteiger partial charge on any atom is -0.497 e. The molecular weight excluding hydrogens is 404 g/mol. The molecule has 2 aromatic carbocycles. The van der Waals surface area contributed by atoms with E-state index < -0.39 is 11.8 Å². The summed E-state index contributed by atoms with van der Waals surface area (Å²) in [6.45, 7) is 1.48. The third kappa shape index (κ3) is 6.29. The third-order valence-corrected chi connectivity index (χ3v) is 3.84. The van der Waals surface area contributed by atoms with Crippen molar-refractivity contribution in [3.8, 4) is 17.2 Å². The van der Waals surface area contributed by atoms with Gasteiger partial charge in [0, 0.05) is 0 Å². The van der Waals surface area contributed by atoms with Gasteiger partial charge in [-0.05, 0) is 64.8 Å². The maximum atomic E-state index is 11.7. The number of benzene rings is 2. The molecule has 2 rings (SSSR count). The van der Waals surface area contributed by atoms with Crippen LogP contribution in [0.5, 0.6) is 17.2 Å². The maximum Gasteiger partial charge on any atom is 0.276 e. The highest BCUT2D eigenvalue weighted by atomic mass is 79.9. The molecule has 0 radical (unpaired) electrons. The topological polar surface area (TPSA) is 85.9 Å². The molecule has 26 heavy (non-hydrogen) atoms. The second kappa shape index (κ2) is 9.67. The molecule has 7 nitrogen and oxygen atoms in total. The third-order valence-electron chi connectivity index (χ3n) is 3.22. The van der Waals surface area contributed by atoms with Crippen LogP contribution in [0.1, 0.15) is 5.56 Å². The maximum absolute atomic E-state index is 11.7. The number of rotatable bonds is 7. The minimum absolute atomic E-state index is 0.235. The smallest absolute Gasteiger partial charge is 0.276 e. The molecule has 0 unspecified atom stereocenters. The number of ether oxygens (including phenoxy) is 3. The van der Waals surface area contributed by atoms with Crippen molar-refractivity contribution in [1.29, 1.82) is 0 Å². The van der Waals surface area contributed by atoms with Gasteiger partial charge in [-0.1, -0.05) is 6.07 Å². The van der Waals surface area contributed by atoms with E-state index in [0.717, 1.165) is 10.0 Å². The number of hydrogen-bond acceptors (Lipinski definition) is 5. The number of carbonyl (C=O) groups is 2. The lowest BCUT2D eigenvalue weighted by Crippen LogP contribution is -2.45. The molecule has 2 N–H and O–H groups in total. The minimum atomic E-state index is -0.495. The first-order valence-electron chi connectivity index (χ1n) is 7.71. The van der Waals surface area contributed by atoms with E-state index >= 15 is 0 Å². The number of nitrogens with one attached hydrogen (secondary N) is 2. The molecule has 0 bridgehead atoms. The van der Waals surface area contributed by atoms with Crippen molar-refractivity contribution in [2.75, 3.05) is 20.3 Å². The van der Waals surface area contributed by atoms with Gasteiger partial charge in [0.25, 0.3) is 11.8 Å². The van der Waals surface area contributed by atoms with Gasteiger partial charge in [-0.15, -0.1) is 0 Å². The first-order chi connectivity index (χ1) is 12.5. The van der Waals surface area contributed by atoms with Gasteiger partial charge in [-0.25, -0.2) is 0 Å². The van der Waals surface area contributed by atoms with Crippen molar-refractivity contribution >= 4 is 27.7 Å². The molecule has 0 aliphatic carbocycles. The Morgan fingerprint density at radius 1 is 0.923 bits per heavy atom. The Morgan fingerprint density at radius 2 is 1.50 bits per heavy atom. The Morgan fingerprint density at radius 3 is 2.08 bits per heavy atom. The fourth-order valence-electron chi connectivity index (χ4n) is 1.90.